The minimum Gasteiger partial charge on any atom is -0.452 e. The molecule has 0 amide bonds. The van der Waals surface area contributed by atoms with E-state index in [1.807, 2.05) is 0 Å². The second kappa shape index (κ2) is 3.38. The van der Waals surface area contributed by atoms with Crippen LogP contribution in [0.4, 0.5) is 13.2 Å². The first-order chi connectivity index (χ1) is 7.69. The van der Waals surface area contributed by atoms with Crippen LogP contribution in [-0.2, 0) is 10.9 Å². The van der Waals surface area contributed by atoms with Crippen molar-refractivity contribution in [2.45, 2.75) is 25.8 Å². The summed E-state index contributed by atoms with van der Waals surface area (Å²) in [7, 11) is 0. The normalized spacial score (nSPS) is 18.1. The van der Waals surface area contributed by atoms with E-state index in [1.54, 1.807) is 0 Å². The quantitative estimate of drug-likeness (QED) is 0.660. The first kappa shape index (κ1) is 11.8. The highest BCUT2D eigenvalue weighted by atomic mass is 19.4. The molecule has 0 fully saturated rings. The van der Waals surface area contributed by atoms with Crippen molar-refractivity contribution in [1.29, 1.82) is 0 Å². The summed E-state index contributed by atoms with van der Waals surface area (Å²) in [5.74, 6) is -2.06. The Labute approximate surface area is 95.1 Å². The molecule has 92 valence electrons. The number of carbonyl (C=O) groups excluding carboxylic acids is 1. The number of halogens is 3. The van der Waals surface area contributed by atoms with Gasteiger partial charge in [-0.3, -0.25) is 0 Å². The third kappa shape index (κ3) is 2.20. The number of fused-ring (bicyclic) bond motifs is 1. The van der Waals surface area contributed by atoms with Crippen molar-refractivity contribution in [1.82, 2.24) is 0 Å². The van der Waals surface area contributed by atoms with Gasteiger partial charge >= 0.3 is 12.1 Å². The molecule has 17 heavy (non-hydrogen) atoms. The lowest BCUT2D eigenvalue weighted by molar-refractivity contribution is -0.140. The number of esters is 1. The van der Waals surface area contributed by atoms with E-state index in [9.17, 15) is 18.0 Å². The van der Waals surface area contributed by atoms with Gasteiger partial charge in [-0.05, 0) is 18.2 Å². The molecule has 0 spiro atoms. The molecule has 3 nitrogen and oxygen atoms in total. The highest BCUT2D eigenvalue weighted by Crippen LogP contribution is 2.37. The molecule has 2 rings (SSSR count). The Balaban J connectivity index is 2.49. The summed E-state index contributed by atoms with van der Waals surface area (Å²) >= 11 is 0. The molecule has 0 unspecified atom stereocenters. The number of rotatable bonds is 0. The van der Waals surface area contributed by atoms with E-state index in [-0.39, 0.29) is 11.3 Å². The van der Waals surface area contributed by atoms with Crippen LogP contribution in [0.3, 0.4) is 0 Å². The number of ether oxygens (including phenoxy) is 2. The predicted octanol–water partition coefficient (Wildman–Crippen LogP) is 2.99. The van der Waals surface area contributed by atoms with Gasteiger partial charge in [-0.15, -0.1) is 0 Å². The van der Waals surface area contributed by atoms with Crippen LogP contribution in [0.25, 0.3) is 0 Å². The minimum atomic E-state index is -4.47. The fraction of sp³-hybridized carbons (Fsp3) is 0.364. The molecule has 0 radical (unpaired) electrons. The topological polar surface area (TPSA) is 35.5 Å². The molecular formula is C11H9F3O3. The van der Waals surface area contributed by atoms with E-state index in [2.05, 4.69) is 0 Å². The Bertz CT molecular complexity index is 477. The van der Waals surface area contributed by atoms with E-state index < -0.39 is 23.5 Å². The molecule has 0 aromatic heterocycles. The lowest BCUT2D eigenvalue weighted by Crippen LogP contribution is -2.38. The molecule has 0 atom stereocenters. The van der Waals surface area contributed by atoms with Crippen molar-refractivity contribution in [3.05, 3.63) is 29.3 Å². The van der Waals surface area contributed by atoms with E-state index in [1.165, 1.54) is 13.8 Å². The van der Waals surface area contributed by atoms with Crippen molar-refractivity contribution in [3.63, 3.8) is 0 Å². The van der Waals surface area contributed by atoms with Gasteiger partial charge in [0.25, 0.3) is 0 Å². The highest BCUT2D eigenvalue weighted by molar-refractivity contribution is 5.93. The summed E-state index contributed by atoms with van der Waals surface area (Å²) in [5.41, 5.74) is -0.862. The standard InChI is InChI=1S/C11H9F3O3/c1-10(2)16-8-5-6(11(12,13)14)3-4-7(8)9(15)17-10/h3-5H,1-2H3. The van der Waals surface area contributed by atoms with E-state index in [0.29, 0.717) is 0 Å². The van der Waals surface area contributed by atoms with Crippen LogP contribution in [0.5, 0.6) is 5.75 Å². The molecule has 0 saturated heterocycles. The van der Waals surface area contributed by atoms with Crippen LogP contribution in [0.1, 0.15) is 29.8 Å². The first-order valence-electron chi connectivity index (χ1n) is 4.83. The molecule has 1 aromatic carbocycles. The minimum absolute atomic E-state index is 0.00248. The summed E-state index contributed by atoms with van der Waals surface area (Å²) in [6.45, 7) is 2.90. The van der Waals surface area contributed by atoms with Crippen molar-refractivity contribution >= 4 is 5.97 Å². The predicted molar refractivity (Wildman–Crippen MR) is 51.6 cm³/mol. The molecule has 1 heterocycles. The number of hydrogen-bond donors (Lipinski definition) is 0. The van der Waals surface area contributed by atoms with Crippen LogP contribution in [-0.4, -0.2) is 11.8 Å². The third-order valence-corrected chi connectivity index (χ3v) is 2.22. The van der Waals surface area contributed by atoms with Gasteiger partial charge < -0.3 is 9.47 Å². The van der Waals surface area contributed by atoms with Crippen LogP contribution in [0, 0.1) is 0 Å². The maximum absolute atomic E-state index is 12.5. The molecule has 1 aliphatic rings. The highest BCUT2D eigenvalue weighted by Gasteiger charge is 2.37. The van der Waals surface area contributed by atoms with Gasteiger partial charge in [-0.25, -0.2) is 4.79 Å². The van der Waals surface area contributed by atoms with E-state index in [4.69, 9.17) is 9.47 Å². The summed E-state index contributed by atoms with van der Waals surface area (Å²) in [4.78, 5) is 11.5. The molecule has 6 heteroatoms. The molecule has 0 saturated carbocycles. The zero-order valence-electron chi connectivity index (χ0n) is 9.09. The number of carbonyl (C=O) groups is 1. The number of cyclic esters (lactones) is 1. The summed E-state index contributed by atoms with van der Waals surface area (Å²) < 4.78 is 47.5. The fourth-order valence-corrected chi connectivity index (χ4v) is 1.52. The fourth-order valence-electron chi connectivity index (χ4n) is 1.52. The third-order valence-electron chi connectivity index (χ3n) is 2.22. The number of hydrogen-bond acceptors (Lipinski definition) is 3. The maximum Gasteiger partial charge on any atom is 0.416 e. The Morgan fingerprint density at radius 1 is 1.18 bits per heavy atom. The molecule has 0 bridgehead atoms. The zero-order chi connectivity index (χ0) is 12.8. The molecule has 0 N–H and O–H groups in total. The van der Waals surface area contributed by atoms with Crippen molar-refractivity contribution in [3.8, 4) is 5.75 Å². The first-order valence-corrected chi connectivity index (χ1v) is 4.83. The van der Waals surface area contributed by atoms with Crippen molar-refractivity contribution in [2.75, 3.05) is 0 Å². The van der Waals surface area contributed by atoms with Gasteiger partial charge in [0.15, 0.2) is 0 Å². The van der Waals surface area contributed by atoms with Gasteiger partial charge in [0.05, 0.1) is 5.56 Å². The van der Waals surface area contributed by atoms with Crippen LogP contribution >= 0.6 is 0 Å². The van der Waals surface area contributed by atoms with Gasteiger partial charge in [-0.1, -0.05) is 0 Å². The largest absolute Gasteiger partial charge is 0.452 e. The molecule has 0 aliphatic carbocycles. The van der Waals surface area contributed by atoms with Crippen LogP contribution < -0.4 is 4.74 Å². The summed E-state index contributed by atoms with van der Waals surface area (Å²) in [5, 5.41) is 0. The average Bonchev–Trinajstić information content (AvgIpc) is 2.13. The van der Waals surface area contributed by atoms with Crippen molar-refractivity contribution < 1.29 is 27.4 Å². The van der Waals surface area contributed by atoms with Crippen molar-refractivity contribution in [2.24, 2.45) is 0 Å². The number of benzene rings is 1. The molecule has 1 aliphatic heterocycles. The lowest BCUT2D eigenvalue weighted by Gasteiger charge is -2.31. The Kier molecular flexibility index (Phi) is 2.34. The van der Waals surface area contributed by atoms with E-state index in [0.717, 1.165) is 18.2 Å². The van der Waals surface area contributed by atoms with Gasteiger partial charge in [0.1, 0.15) is 11.3 Å². The Hall–Kier alpha value is -1.72. The second-order valence-corrected chi connectivity index (χ2v) is 4.10. The number of alkyl halides is 3. The summed E-state index contributed by atoms with van der Waals surface area (Å²) in [6.07, 6.45) is -4.47. The molecular weight excluding hydrogens is 237 g/mol. The Morgan fingerprint density at radius 2 is 1.82 bits per heavy atom. The lowest BCUT2D eigenvalue weighted by atomic mass is 10.1. The zero-order valence-corrected chi connectivity index (χ0v) is 9.09. The van der Waals surface area contributed by atoms with Gasteiger partial charge in [-0.2, -0.15) is 13.2 Å². The van der Waals surface area contributed by atoms with Gasteiger partial charge in [0.2, 0.25) is 5.79 Å². The molecule has 1 aromatic rings. The van der Waals surface area contributed by atoms with Gasteiger partial charge in [0, 0.05) is 13.8 Å². The second-order valence-electron chi connectivity index (χ2n) is 4.10. The SMILES string of the molecule is CC1(C)OC(=O)c2ccc(C(F)(F)F)cc2O1. The van der Waals surface area contributed by atoms with Crippen LogP contribution in [0.15, 0.2) is 18.2 Å². The Morgan fingerprint density at radius 3 is 2.41 bits per heavy atom. The maximum atomic E-state index is 12.5. The summed E-state index contributed by atoms with van der Waals surface area (Å²) in [6, 6.07) is 2.68. The smallest absolute Gasteiger partial charge is 0.416 e. The van der Waals surface area contributed by atoms with Crippen LogP contribution in [0.2, 0.25) is 0 Å². The monoisotopic (exact) mass is 246 g/mol. The average molecular weight is 246 g/mol. The van der Waals surface area contributed by atoms with E-state index >= 15 is 0 Å².